The zero-order chi connectivity index (χ0) is 47.5. The van der Waals surface area contributed by atoms with Crippen molar-refractivity contribution in [2.24, 2.45) is 10.1 Å². The van der Waals surface area contributed by atoms with Gasteiger partial charge in [0.05, 0.1) is 11.7 Å². The Morgan fingerprint density at radius 1 is 0.812 bits per heavy atom. The number of esters is 1. The second-order valence-corrected chi connectivity index (χ2v) is 16.7. The van der Waals surface area contributed by atoms with E-state index in [-0.39, 0.29) is 29.7 Å². The summed E-state index contributed by atoms with van der Waals surface area (Å²) in [5, 5.41) is 14.2. The quantitative estimate of drug-likeness (QED) is 0.0170. The van der Waals surface area contributed by atoms with Gasteiger partial charge >= 0.3 is 18.2 Å². The van der Waals surface area contributed by atoms with Gasteiger partial charge in [0, 0.05) is 51.0 Å². The lowest BCUT2D eigenvalue weighted by Crippen LogP contribution is -2.59. The number of hydrogen-bond acceptors (Lipinski definition) is 13. The number of benzene rings is 2. The first-order valence-corrected chi connectivity index (χ1v) is 20.9. The first kappa shape index (κ1) is 51.7. The summed E-state index contributed by atoms with van der Waals surface area (Å²) in [6, 6.07) is 12.3. The van der Waals surface area contributed by atoms with Crippen LogP contribution in [0, 0.1) is 0 Å². The molecule has 1 heterocycles. The fourth-order valence-corrected chi connectivity index (χ4v) is 5.99. The van der Waals surface area contributed by atoms with Crippen molar-refractivity contribution in [1.29, 1.82) is 0 Å². The molecule has 5 atom stereocenters. The van der Waals surface area contributed by atoms with E-state index in [9.17, 15) is 34.3 Å². The molecule has 5 amide bonds. The predicted molar refractivity (Wildman–Crippen MR) is 237 cm³/mol. The number of aliphatic imine (C=N–C) groups is 1. The van der Waals surface area contributed by atoms with Gasteiger partial charge in [-0.25, -0.2) is 19.4 Å². The molecule has 0 aliphatic carbocycles. The molecule has 20 heteroatoms. The van der Waals surface area contributed by atoms with Gasteiger partial charge in [0.15, 0.2) is 6.04 Å². The van der Waals surface area contributed by atoms with E-state index < -0.39 is 71.8 Å². The fraction of sp³-hybridized carbons (Fsp3) is 0.523. The van der Waals surface area contributed by atoms with E-state index in [0.717, 1.165) is 0 Å². The minimum atomic E-state index is -1.30. The lowest BCUT2D eigenvalue weighted by Gasteiger charge is -2.42. The van der Waals surface area contributed by atoms with Gasteiger partial charge in [-0.05, 0) is 109 Å². The van der Waals surface area contributed by atoms with Crippen molar-refractivity contribution in [3.05, 3.63) is 82.2 Å². The molecular formula is C44H61N9O11. The van der Waals surface area contributed by atoms with E-state index >= 15 is 0 Å². The Kier molecular flexibility index (Phi) is 20.1. The molecule has 2 aromatic rings. The largest absolute Gasteiger partial charge is 0.462 e. The Morgan fingerprint density at radius 3 is 2.02 bits per heavy atom. The normalized spacial score (nSPS) is 18.3. The van der Waals surface area contributed by atoms with Crippen LogP contribution in [0.3, 0.4) is 0 Å². The number of rotatable bonds is 17. The molecule has 1 aliphatic heterocycles. The summed E-state index contributed by atoms with van der Waals surface area (Å²) in [7, 11) is 0. The monoisotopic (exact) mass is 891 g/mol. The van der Waals surface area contributed by atoms with Gasteiger partial charge in [0.2, 0.25) is 30.0 Å². The van der Waals surface area contributed by atoms with Gasteiger partial charge < -0.3 is 39.2 Å². The molecule has 1 saturated heterocycles. The summed E-state index contributed by atoms with van der Waals surface area (Å²) in [5.74, 6) is -2.23. The van der Waals surface area contributed by atoms with Crippen LogP contribution in [0.2, 0.25) is 0 Å². The SMILES string of the molecule is CC(=O)NC(=N[C@H]1[C@@H](Oc2ccc(/C=C/C(=O)NCCCN(CCCCNC(=O)OC(C)(C)C)C(=O)OC(C)(C)C)cc2)O[C@H](C)[C@@H](N=[N+]=[N-])[C@@H]1OC(=O)c1ccccc1)NC(C)=O. The maximum absolute atomic E-state index is 13.3. The zero-order valence-electron chi connectivity index (χ0n) is 37.9. The number of hydrogen-bond donors (Lipinski definition) is 4. The third-order valence-corrected chi connectivity index (χ3v) is 8.72. The Bertz CT molecular complexity index is 1990. The molecule has 20 nitrogen and oxygen atoms in total. The number of ether oxygens (including phenoxy) is 5. The van der Waals surface area contributed by atoms with E-state index in [4.69, 9.17) is 23.7 Å². The van der Waals surface area contributed by atoms with E-state index in [1.165, 1.54) is 19.9 Å². The average molecular weight is 892 g/mol. The molecule has 0 saturated carbocycles. The summed E-state index contributed by atoms with van der Waals surface area (Å²) in [6.07, 6.45) is 0.218. The number of guanidine groups is 1. The Morgan fingerprint density at radius 2 is 1.42 bits per heavy atom. The molecule has 1 aliphatic rings. The number of nitrogens with zero attached hydrogens (tertiary/aromatic N) is 5. The van der Waals surface area contributed by atoms with Crippen LogP contribution in [0.25, 0.3) is 16.5 Å². The standard InChI is InChI=1S/C44H61N9O11/c1-28-35(51-52-45)37(62-38(57)32-16-11-10-12-17-32)36(50-40(48-29(2)54)49-30(3)55)39(60-28)61-33-21-18-31(19-22-33)20-23-34(56)46-25-15-27-53(42(59)64-44(7,8)9)26-14-13-24-47-41(58)63-43(4,5)6/h10-12,16-23,28,35-37,39H,13-15,24-27H2,1-9H3,(H,46,56)(H,47,58)(H2,48,49,50,54,55)/b23-20+/t28-,35-,36-,37+,39-/m1/s1. The van der Waals surface area contributed by atoms with Crippen LogP contribution in [-0.2, 0) is 33.3 Å². The molecule has 1 fully saturated rings. The van der Waals surface area contributed by atoms with Crippen LogP contribution in [0.1, 0.15) is 97.5 Å². The van der Waals surface area contributed by atoms with Gasteiger partial charge in [-0.1, -0.05) is 35.4 Å². The van der Waals surface area contributed by atoms with Crippen LogP contribution >= 0.6 is 0 Å². The van der Waals surface area contributed by atoms with Gasteiger partial charge in [-0.3, -0.25) is 25.0 Å². The van der Waals surface area contributed by atoms with Crippen molar-refractivity contribution in [2.45, 2.75) is 123 Å². The molecular weight excluding hydrogens is 831 g/mol. The number of unbranched alkanes of at least 4 members (excludes halogenated alkanes) is 1. The number of nitrogens with one attached hydrogen (secondary N) is 4. The first-order chi connectivity index (χ1) is 30.1. The van der Waals surface area contributed by atoms with E-state index in [1.807, 2.05) is 0 Å². The third-order valence-electron chi connectivity index (χ3n) is 8.72. The van der Waals surface area contributed by atoms with Crippen molar-refractivity contribution in [2.75, 3.05) is 26.2 Å². The van der Waals surface area contributed by atoms with E-state index in [1.54, 1.807) is 114 Å². The van der Waals surface area contributed by atoms with E-state index in [0.29, 0.717) is 44.5 Å². The van der Waals surface area contributed by atoms with Crippen LogP contribution in [-0.4, -0.2) is 115 Å². The summed E-state index contributed by atoms with van der Waals surface area (Å²) >= 11 is 0. The predicted octanol–water partition coefficient (Wildman–Crippen LogP) is 5.77. The van der Waals surface area contributed by atoms with Crippen molar-refractivity contribution < 1.29 is 52.5 Å². The topological polar surface area (TPSA) is 261 Å². The zero-order valence-corrected chi connectivity index (χ0v) is 37.9. The maximum atomic E-state index is 13.3. The Labute approximate surface area is 373 Å². The highest BCUT2D eigenvalue weighted by Crippen LogP contribution is 2.31. The first-order valence-electron chi connectivity index (χ1n) is 20.9. The molecule has 0 unspecified atom stereocenters. The molecule has 0 spiro atoms. The number of carbonyl (C=O) groups is 6. The summed E-state index contributed by atoms with van der Waals surface area (Å²) in [4.78, 5) is 84.1. The fourth-order valence-electron chi connectivity index (χ4n) is 5.99. The summed E-state index contributed by atoms with van der Waals surface area (Å²) in [5.41, 5.74) is 8.99. The third kappa shape index (κ3) is 19.2. The van der Waals surface area contributed by atoms with Crippen molar-refractivity contribution >= 4 is 47.9 Å². The number of alkyl carbamates (subject to hydrolysis) is 1. The smallest absolute Gasteiger partial charge is 0.410 e. The maximum Gasteiger partial charge on any atom is 0.410 e. The molecule has 3 rings (SSSR count). The van der Waals surface area contributed by atoms with Crippen LogP contribution in [0.15, 0.2) is 70.8 Å². The molecule has 2 aromatic carbocycles. The summed E-state index contributed by atoms with van der Waals surface area (Å²) < 4.78 is 29.1. The second kappa shape index (κ2) is 24.8. The minimum absolute atomic E-state index is 0.210. The summed E-state index contributed by atoms with van der Waals surface area (Å²) in [6.45, 7) is 16.1. The second-order valence-electron chi connectivity index (χ2n) is 16.7. The molecule has 64 heavy (non-hydrogen) atoms. The molecule has 348 valence electrons. The lowest BCUT2D eigenvalue weighted by atomic mass is 9.95. The van der Waals surface area contributed by atoms with Crippen molar-refractivity contribution in [1.82, 2.24) is 26.2 Å². The molecule has 4 N–H and O–H groups in total. The highest BCUT2D eigenvalue weighted by molar-refractivity contribution is 6.03. The van der Waals surface area contributed by atoms with Gasteiger partial charge in [0.25, 0.3) is 0 Å². The number of azide groups is 1. The number of carbonyl (C=O) groups excluding carboxylic acids is 6. The van der Waals surface area contributed by atoms with Crippen LogP contribution in [0.4, 0.5) is 9.59 Å². The van der Waals surface area contributed by atoms with E-state index in [2.05, 4.69) is 36.3 Å². The van der Waals surface area contributed by atoms with Gasteiger partial charge in [0.1, 0.15) is 29.1 Å². The number of amides is 5. The minimum Gasteiger partial charge on any atom is -0.462 e. The highest BCUT2D eigenvalue weighted by atomic mass is 16.7. The van der Waals surface area contributed by atoms with Crippen molar-refractivity contribution in [3.63, 3.8) is 0 Å². The van der Waals surface area contributed by atoms with Gasteiger partial charge in [-0.2, -0.15) is 0 Å². The Hall–Kier alpha value is -6.66. The van der Waals surface area contributed by atoms with Gasteiger partial charge in [-0.15, -0.1) is 0 Å². The van der Waals surface area contributed by atoms with Crippen molar-refractivity contribution in [3.8, 4) is 5.75 Å². The molecule has 0 aromatic heterocycles. The Balaban J connectivity index is 1.68. The molecule has 0 bridgehead atoms. The molecule has 0 radical (unpaired) electrons. The average Bonchev–Trinajstić information content (AvgIpc) is 3.19. The van der Waals surface area contributed by atoms with Crippen LogP contribution in [0.5, 0.6) is 5.75 Å². The lowest BCUT2D eigenvalue weighted by molar-refractivity contribution is -0.189. The highest BCUT2D eigenvalue weighted by Gasteiger charge is 2.48. The van der Waals surface area contributed by atoms with Crippen LogP contribution < -0.4 is 26.0 Å².